The molecule has 2 amide bonds. The van der Waals surface area contributed by atoms with Crippen molar-refractivity contribution in [3.63, 3.8) is 0 Å². The molecule has 0 saturated carbocycles. The maximum absolute atomic E-state index is 15.1. The van der Waals surface area contributed by atoms with Gasteiger partial charge >= 0.3 is 6.03 Å². The highest BCUT2D eigenvalue weighted by Gasteiger charge is 2.23. The van der Waals surface area contributed by atoms with E-state index in [-0.39, 0.29) is 16.9 Å². The Morgan fingerprint density at radius 1 is 1.02 bits per heavy atom. The van der Waals surface area contributed by atoms with E-state index in [1.54, 1.807) is 41.5 Å². The largest absolute Gasteiger partial charge is 0.457 e. The van der Waals surface area contributed by atoms with Crippen LogP contribution in [0.4, 0.5) is 20.7 Å². The number of carbonyl (C=O) groups is 1. The third-order valence-corrected chi connectivity index (χ3v) is 7.31. The first kappa shape index (κ1) is 28.1. The number of halogens is 1. The Hall–Kier alpha value is -5.03. The van der Waals surface area contributed by atoms with Gasteiger partial charge in [0.05, 0.1) is 29.0 Å². The number of aromatic nitrogens is 5. The minimum atomic E-state index is -0.639. The number of pyridine rings is 1. The van der Waals surface area contributed by atoms with Gasteiger partial charge in [0.25, 0.3) is 0 Å². The molecule has 0 bridgehead atoms. The highest BCUT2D eigenvalue weighted by atomic mass is 19.1. The second-order valence-electron chi connectivity index (χ2n) is 11.7. The number of fused-ring (bicyclic) bond motifs is 1. The zero-order valence-corrected chi connectivity index (χ0v) is 24.5. The first-order valence-electron chi connectivity index (χ1n) is 14.0. The fourth-order valence-corrected chi connectivity index (χ4v) is 4.94. The molecule has 3 aromatic heterocycles. The van der Waals surface area contributed by atoms with Crippen molar-refractivity contribution in [3.05, 3.63) is 95.8 Å². The smallest absolute Gasteiger partial charge is 0.324 e. The Kier molecular flexibility index (Phi) is 7.41. The Morgan fingerprint density at radius 2 is 1.86 bits per heavy atom. The molecule has 10 nitrogen and oxygen atoms in total. The molecule has 43 heavy (non-hydrogen) atoms. The lowest BCUT2D eigenvalue weighted by Gasteiger charge is -2.25. The second-order valence-corrected chi connectivity index (χ2v) is 11.7. The SMILES string of the molecule is CN1CCc2cc(-n3nc(C(C)(C)C)cc3NC(=O)Nc3ccc(Oc4ccnc(-c5cn[nH]c5)c4)cc3F)ccc2C1. The van der Waals surface area contributed by atoms with Crippen molar-refractivity contribution in [2.45, 2.75) is 39.2 Å². The van der Waals surface area contributed by atoms with Crippen molar-refractivity contribution < 1.29 is 13.9 Å². The summed E-state index contributed by atoms with van der Waals surface area (Å²) in [4.78, 5) is 19.7. The summed E-state index contributed by atoms with van der Waals surface area (Å²) in [5.41, 5.74) is 5.47. The number of ether oxygens (including phenoxy) is 1. The predicted molar refractivity (Wildman–Crippen MR) is 163 cm³/mol. The van der Waals surface area contributed by atoms with Crippen LogP contribution < -0.4 is 15.4 Å². The molecule has 0 fully saturated rings. The van der Waals surface area contributed by atoms with Crippen LogP contribution in [0.2, 0.25) is 0 Å². The van der Waals surface area contributed by atoms with Crippen molar-refractivity contribution in [3.8, 4) is 28.4 Å². The van der Waals surface area contributed by atoms with Gasteiger partial charge in [0, 0.05) is 54.7 Å². The molecule has 5 aromatic rings. The summed E-state index contributed by atoms with van der Waals surface area (Å²) in [7, 11) is 2.11. The molecule has 1 aliphatic heterocycles. The van der Waals surface area contributed by atoms with Gasteiger partial charge in [-0.1, -0.05) is 26.8 Å². The highest BCUT2D eigenvalue weighted by Crippen LogP contribution is 2.30. The predicted octanol–water partition coefficient (Wildman–Crippen LogP) is 6.52. The zero-order chi connectivity index (χ0) is 30.1. The average molecular weight is 581 g/mol. The number of rotatable bonds is 6. The van der Waals surface area contributed by atoms with E-state index in [9.17, 15) is 4.79 Å². The van der Waals surface area contributed by atoms with E-state index in [2.05, 4.69) is 70.7 Å². The Bertz CT molecular complexity index is 1770. The van der Waals surface area contributed by atoms with Gasteiger partial charge in [-0.25, -0.2) is 13.9 Å². The van der Waals surface area contributed by atoms with E-state index in [4.69, 9.17) is 9.84 Å². The summed E-state index contributed by atoms with van der Waals surface area (Å²) in [5, 5.41) is 17.0. The molecule has 0 spiro atoms. The lowest BCUT2D eigenvalue weighted by molar-refractivity contribution is 0.262. The maximum atomic E-state index is 15.1. The molecule has 2 aromatic carbocycles. The number of benzene rings is 2. The number of hydrogen-bond acceptors (Lipinski definition) is 6. The van der Waals surface area contributed by atoms with Crippen LogP contribution in [-0.2, 0) is 18.4 Å². The number of anilines is 2. The summed E-state index contributed by atoms with van der Waals surface area (Å²) < 4.78 is 22.7. The van der Waals surface area contributed by atoms with Crippen LogP contribution in [0.5, 0.6) is 11.5 Å². The number of H-pyrrole nitrogens is 1. The van der Waals surface area contributed by atoms with Gasteiger partial charge in [-0.2, -0.15) is 10.2 Å². The minimum absolute atomic E-state index is 0.0127. The lowest BCUT2D eigenvalue weighted by Crippen LogP contribution is -2.26. The second kappa shape index (κ2) is 11.3. The van der Waals surface area contributed by atoms with Gasteiger partial charge < -0.3 is 15.0 Å². The molecule has 220 valence electrons. The van der Waals surface area contributed by atoms with E-state index in [1.165, 1.54) is 23.3 Å². The standard InChI is InChI=1S/C32H33FN8O2/c1-32(2,3)29-16-30(41(39-29)23-6-5-21-19-40(4)12-10-20(21)13-23)38-31(42)37-27-8-7-24(14-26(27)33)43-25-9-11-34-28(15-25)22-17-35-36-18-22/h5-9,11,13-18H,10,12,19H2,1-4H3,(H,35,36)(H2,37,38,42). The molecule has 0 atom stereocenters. The van der Waals surface area contributed by atoms with Gasteiger partial charge in [0.2, 0.25) is 0 Å². The van der Waals surface area contributed by atoms with Crippen LogP contribution in [0, 0.1) is 5.82 Å². The summed E-state index contributed by atoms with van der Waals surface area (Å²) in [6.07, 6.45) is 5.93. The first-order chi connectivity index (χ1) is 20.6. The van der Waals surface area contributed by atoms with Crippen LogP contribution in [0.15, 0.2) is 73.2 Å². The Morgan fingerprint density at radius 3 is 2.63 bits per heavy atom. The monoisotopic (exact) mass is 580 g/mol. The third kappa shape index (κ3) is 6.26. The molecule has 6 rings (SSSR count). The fourth-order valence-electron chi connectivity index (χ4n) is 4.94. The van der Waals surface area contributed by atoms with Crippen molar-refractivity contribution in [1.82, 2.24) is 29.9 Å². The first-order valence-corrected chi connectivity index (χ1v) is 14.0. The summed E-state index contributed by atoms with van der Waals surface area (Å²) in [6, 6.07) is 15.2. The van der Waals surface area contributed by atoms with E-state index in [1.807, 2.05) is 12.1 Å². The van der Waals surface area contributed by atoms with Gasteiger partial charge in [0.1, 0.15) is 23.1 Å². The third-order valence-electron chi connectivity index (χ3n) is 7.31. The molecule has 3 N–H and O–H groups in total. The Labute approximate surface area is 248 Å². The molecule has 11 heteroatoms. The van der Waals surface area contributed by atoms with Crippen molar-refractivity contribution in [2.75, 3.05) is 24.2 Å². The number of aromatic amines is 1. The topological polar surface area (TPSA) is 113 Å². The molecule has 1 aliphatic rings. The number of hydrogen-bond donors (Lipinski definition) is 3. The van der Waals surface area contributed by atoms with Crippen molar-refractivity contribution in [2.24, 2.45) is 0 Å². The summed E-state index contributed by atoms with van der Waals surface area (Å²) in [6.45, 7) is 8.08. The maximum Gasteiger partial charge on any atom is 0.324 e. The fraction of sp³-hybridized carbons (Fsp3) is 0.250. The normalized spacial score (nSPS) is 13.4. The number of carbonyl (C=O) groups excluding carboxylic acids is 1. The van der Waals surface area contributed by atoms with E-state index in [0.717, 1.165) is 36.5 Å². The average Bonchev–Trinajstić information content (AvgIpc) is 3.65. The van der Waals surface area contributed by atoms with Gasteiger partial charge in [0.15, 0.2) is 0 Å². The zero-order valence-electron chi connectivity index (χ0n) is 24.5. The minimum Gasteiger partial charge on any atom is -0.457 e. The number of likely N-dealkylation sites (N-methyl/N-ethyl adjacent to an activating group) is 1. The highest BCUT2D eigenvalue weighted by molar-refractivity contribution is 5.99. The van der Waals surface area contributed by atoms with Crippen molar-refractivity contribution >= 4 is 17.5 Å². The van der Waals surface area contributed by atoms with Gasteiger partial charge in [-0.15, -0.1) is 0 Å². The van der Waals surface area contributed by atoms with Gasteiger partial charge in [-0.05, 0) is 54.9 Å². The molecule has 4 heterocycles. The lowest BCUT2D eigenvalue weighted by atomic mass is 9.92. The van der Waals surface area contributed by atoms with E-state index >= 15 is 4.39 Å². The van der Waals surface area contributed by atoms with Crippen molar-refractivity contribution in [1.29, 1.82) is 0 Å². The molecule has 0 aliphatic carbocycles. The van der Waals surface area contributed by atoms with E-state index < -0.39 is 11.8 Å². The van der Waals surface area contributed by atoms with Gasteiger partial charge in [-0.3, -0.25) is 15.4 Å². The van der Waals surface area contributed by atoms with Crippen LogP contribution in [0.25, 0.3) is 16.9 Å². The molecule has 0 radical (unpaired) electrons. The van der Waals surface area contributed by atoms with Crippen LogP contribution >= 0.6 is 0 Å². The number of nitrogens with zero attached hydrogens (tertiary/aromatic N) is 5. The quantitative estimate of drug-likeness (QED) is 0.211. The Balaban J connectivity index is 1.18. The van der Waals surface area contributed by atoms with Crippen LogP contribution in [0.1, 0.15) is 37.6 Å². The number of amides is 2. The van der Waals surface area contributed by atoms with Crippen LogP contribution in [-0.4, -0.2) is 49.5 Å². The van der Waals surface area contributed by atoms with Crippen LogP contribution in [0.3, 0.4) is 0 Å². The molecule has 0 unspecified atom stereocenters. The molecular formula is C32H33FN8O2. The van der Waals surface area contributed by atoms with E-state index in [0.29, 0.717) is 17.3 Å². The number of urea groups is 1. The molecular weight excluding hydrogens is 547 g/mol. The molecule has 0 saturated heterocycles. The summed E-state index contributed by atoms with van der Waals surface area (Å²) in [5.74, 6) is 0.613. The number of nitrogens with one attached hydrogen (secondary N) is 3. The summed E-state index contributed by atoms with van der Waals surface area (Å²) >= 11 is 0.